The summed E-state index contributed by atoms with van der Waals surface area (Å²) in [5, 5.41) is 1.68. The van der Waals surface area contributed by atoms with Crippen molar-refractivity contribution in [3.05, 3.63) is 29.8 Å². The van der Waals surface area contributed by atoms with Crippen molar-refractivity contribution in [2.75, 3.05) is 6.54 Å². The first kappa shape index (κ1) is 13.2. The van der Waals surface area contributed by atoms with E-state index in [1.807, 2.05) is 0 Å². The molecular weight excluding hydrogens is 245 g/mol. The summed E-state index contributed by atoms with van der Waals surface area (Å²) in [7, 11) is 0. The van der Waals surface area contributed by atoms with Crippen molar-refractivity contribution in [2.24, 2.45) is 5.84 Å². The summed E-state index contributed by atoms with van der Waals surface area (Å²) in [5.41, 5.74) is 0.763. The summed E-state index contributed by atoms with van der Waals surface area (Å²) in [4.78, 5) is 0. The van der Waals surface area contributed by atoms with Crippen LogP contribution in [-0.2, 0) is 0 Å². The van der Waals surface area contributed by atoms with Crippen molar-refractivity contribution in [3.8, 4) is 5.75 Å². The second-order valence-electron chi connectivity index (χ2n) is 4.37. The predicted octanol–water partition coefficient (Wildman–Crippen LogP) is 2.99. The quantitative estimate of drug-likeness (QED) is 0.831. The van der Waals surface area contributed by atoms with Gasteiger partial charge in [0.15, 0.2) is 0 Å². The first-order valence-corrected chi connectivity index (χ1v) is 5.83. The van der Waals surface area contributed by atoms with E-state index in [1.165, 1.54) is 12.1 Å². The molecule has 0 aliphatic carbocycles. The molecule has 2 rings (SSSR count). The van der Waals surface area contributed by atoms with Gasteiger partial charge in [-0.2, -0.15) is 0 Å². The van der Waals surface area contributed by atoms with Crippen LogP contribution in [0.25, 0.3) is 0 Å². The minimum atomic E-state index is -4.66. The maximum absolute atomic E-state index is 12.1. The van der Waals surface area contributed by atoms with Gasteiger partial charge in [0.25, 0.3) is 0 Å². The molecule has 0 amide bonds. The van der Waals surface area contributed by atoms with Crippen LogP contribution in [0.15, 0.2) is 24.3 Å². The van der Waals surface area contributed by atoms with E-state index in [-0.39, 0.29) is 11.8 Å². The van der Waals surface area contributed by atoms with Crippen LogP contribution in [0.2, 0.25) is 0 Å². The molecule has 1 aliphatic heterocycles. The Morgan fingerprint density at radius 2 is 2.06 bits per heavy atom. The minimum Gasteiger partial charge on any atom is -0.406 e. The molecule has 1 atom stereocenters. The van der Waals surface area contributed by atoms with E-state index in [1.54, 1.807) is 17.1 Å². The van der Waals surface area contributed by atoms with E-state index < -0.39 is 6.36 Å². The zero-order chi connectivity index (χ0) is 13.2. The van der Waals surface area contributed by atoms with Crippen molar-refractivity contribution in [1.29, 1.82) is 0 Å². The number of nitrogens with zero attached hydrogens (tertiary/aromatic N) is 1. The average Bonchev–Trinajstić information content (AvgIpc) is 2.27. The lowest BCUT2D eigenvalue weighted by Crippen LogP contribution is -2.38. The lowest BCUT2D eigenvalue weighted by atomic mass is 9.97. The molecule has 1 aromatic carbocycles. The highest BCUT2D eigenvalue weighted by molar-refractivity contribution is 5.31. The van der Waals surface area contributed by atoms with Crippen LogP contribution in [0.5, 0.6) is 5.75 Å². The van der Waals surface area contributed by atoms with Crippen LogP contribution in [0.1, 0.15) is 30.9 Å². The van der Waals surface area contributed by atoms with Crippen LogP contribution >= 0.6 is 0 Å². The highest BCUT2D eigenvalue weighted by atomic mass is 19.4. The first-order chi connectivity index (χ1) is 8.46. The van der Waals surface area contributed by atoms with Crippen molar-refractivity contribution in [2.45, 2.75) is 31.7 Å². The smallest absolute Gasteiger partial charge is 0.406 e. The van der Waals surface area contributed by atoms with E-state index in [4.69, 9.17) is 5.84 Å². The number of benzene rings is 1. The van der Waals surface area contributed by atoms with Crippen molar-refractivity contribution in [1.82, 2.24) is 5.01 Å². The van der Waals surface area contributed by atoms with E-state index in [0.717, 1.165) is 31.4 Å². The Labute approximate surface area is 103 Å². The molecule has 1 saturated heterocycles. The summed E-state index contributed by atoms with van der Waals surface area (Å²) in [6.07, 6.45) is -1.76. The Morgan fingerprint density at radius 1 is 1.28 bits per heavy atom. The first-order valence-electron chi connectivity index (χ1n) is 5.83. The van der Waals surface area contributed by atoms with Gasteiger partial charge in [0, 0.05) is 12.6 Å². The van der Waals surface area contributed by atoms with Gasteiger partial charge >= 0.3 is 6.36 Å². The van der Waals surface area contributed by atoms with Crippen LogP contribution in [0.4, 0.5) is 13.2 Å². The summed E-state index contributed by atoms with van der Waals surface area (Å²) in [6.45, 7) is 0.759. The van der Waals surface area contributed by atoms with Crippen LogP contribution in [0.3, 0.4) is 0 Å². The van der Waals surface area contributed by atoms with Gasteiger partial charge in [-0.05, 0) is 30.5 Å². The monoisotopic (exact) mass is 260 g/mol. The maximum atomic E-state index is 12.1. The molecule has 0 bridgehead atoms. The number of ether oxygens (including phenoxy) is 1. The predicted molar refractivity (Wildman–Crippen MR) is 60.6 cm³/mol. The van der Waals surface area contributed by atoms with Gasteiger partial charge in [0.1, 0.15) is 5.75 Å². The number of hydrazine groups is 1. The third kappa shape index (κ3) is 3.36. The van der Waals surface area contributed by atoms with Gasteiger partial charge in [-0.25, -0.2) is 5.01 Å². The molecule has 2 N–H and O–H groups in total. The Balaban J connectivity index is 2.16. The highest BCUT2D eigenvalue weighted by Crippen LogP contribution is 2.31. The topological polar surface area (TPSA) is 38.5 Å². The zero-order valence-electron chi connectivity index (χ0n) is 9.78. The molecule has 0 saturated carbocycles. The van der Waals surface area contributed by atoms with E-state index in [0.29, 0.717) is 0 Å². The van der Waals surface area contributed by atoms with Crippen LogP contribution < -0.4 is 10.6 Å². The number of alkyl halides is 3. The molecule has 0 spiro atoms. The number of nitrogens with two attached hydrogens (primary N) is 1. The van der Waals surface area contributed by atoms with Crippen LogP contribution in [0, 0.1) is 0 Å². The maximum Gasteiger partial charge on any atom is 0.573 e. The third-order valence-electron chi connectivity index (χ3n) is 3.02. The second-order valence-corrected chi connectivity index (χ2v) is 4.37. The fourth-order valence-electron chi connectivity index (χ4n) is 2.23. The van der Waals surface area contributed by atoms with Crippen LogP contribution in [-0.4, -0.2) is 17.9 Å². The average molecular weight is 260 g/mol. The van der Waals surface area contributed by atoms with E-state index >= 15 is 0 Å². The Bertz CT molecular complexity index is 409. The van der Waals surface area contributed by atoms with E-state index in [9.17, 15) is 13.2 Å². The van der Waals surface area contributed by atoms with Gasteiger partial charge < -0.3 is 4.74 Å². The minimum absolute atomic E-state index is 0.0319. The molecule has 1 aliphatic rings. The Morgan fingerprint density at radius 3 is 2.72 bits per heavy atom. The molecule has 1 heterocycles. The number of hydrogen-bond acceptors (Lipinski definition) is 3. The second kappa shape index (κ2) is 5.16. The Kier molecular flexibility index (Phi) is 3.77. The largest absolute Gasteiger partial charge is 0.573 e. The molecule has 0 aromatic heterocycles. The molecule has 18 heavy (non-hydrogen) atoms. The van der Waals surface area contributed by atoms with Crippen molar-refractivity contribution in [3.63, 3.8) is 0 Å². The molecule has 1 unspecified atom stereocenters. The van der Waals surface area contributed by atoms with Gasteiger partial charge in [-0.3, -0.25) is 5.84 Å². The van der Waals surface area contributed by atoms with Gasteiger partial charge in [0.05, 0.1) is 0 Å². The standard InChI is InChI=1S/C12H15F3N2O/c13-12(14,15)18-10-5-3-4-9(8-10)11-6-1-2-7-17(11)16/h3-5,8,11H,1-2,6-7,16H2. The number of hydrogen-bond donors (Lipinski definition) is 1. The van der Waals surface area contributed by atoms with E-state index in [2.05, 4.69) is 4.74 Å². The van der Waals surface area contributed by atoms with Gasteiger partial charge in [-0.15, -0.1) is 13.2 Å². The van der Waals surface area contributed by atoms with Crippen molar-refractivity contribution < 1.29 is 17.9 Å². The Hall–Kier alpha value is -1.27. The molecular formula is C12H15F3N2O. The molecule has 6 heteroatoms. The normalized spacial score (nSPS) is 21.9. The number of rotatable bonds is 2. The molecule has 1 aromatic rings. The van der Waals surface area contributed by atoms with Crippen molar-refractivity contribution >= 4 is 0 Å². The van der Waals surface area contributed by atoms with Gasteiger partial charge in [-0.1, -0.05) is 18.6 Å². The number of halogens is 3. The summed E-state index contributed by atoms with van der Waals surface area (Å²) in [5.74, 6) is 5.66. The summed E-state index contributed by atoms with van der Waals surface area (Å²) >= 11 is 0. The molecule has 100 valence electrons. The summed E-state index contributed by atoms with van der Waals surface area (Å²) < 4.78 is 40.3. The highest BCUT2D eigenvalue weighted by Gasteiger charge is 2.31. The lowest BCUT2D eigenvalue weighted by molar-refractivity contribution is -0.274. The molecule has 0 radical (unpaired) electrons. The lowest BCUT2D eigenvalue weighted by Gasteiger charge is -2.32. The fourth-order valence-corrected chi connectivity index (χ4v) is 2.23. The molecule has 3 nitrogen and oxygen atoms in total. The molecule has 1 fully saturated rings. The fraction of sp³-hybridized carbons (Fsp3) is 0.500. The zero-order valence-corrected chi connectivity index (χ0v) is 9.78. The SMILES string of the molecule is NN1CCCCC1c1cccc(OC(F)(F)F)c1. The third-order valence-corrected chi connectivity index (χ3v) is 3.02. The number of piperidine rings is 1. The summed E-state index contributed by atoms with van der Waals surface area (Å²) in [6, 6.07) is 6.00. The van der Waals surface area contributed by atoms with Gasteiger partial charge in [0.2, 0.25) is 0 Å².